The van der Waals surface area contributed by atoms with Crippen molar-refractivity contribution in [3.8, 4) is 0 Å². The van der Waals surface area contributed by atoms with Gasteiger partial charge in [-0.15, -0.1) is 0 Å². The normalized spacial score (nSPS) is 20.5. The molecule has 72 valence electrons. The van der Waals surface area contributed by atoms with E-state index in [-0.39, 0.29) is 0 Å². The molecule has 0 heterocycles. The third-order valence-corrected chi connectivity index (χ3v) is 5.33. The fraction of sp³-hybridized carbons (Fsp3) is 1.00. The number of unbranched alkanes of at least 4 members (excludes halogenated alkanes) is 1. The number of rotatable bonds is 6. The first-order valence-electron chi connectivity index (χ1n) is 4.97. The van der Waals surface area contributed by atoms with Gasteiger partial charge in [0.1, 0.15) is 0 Å². The molecule has 0 aromatic carbocycles. The summed E-state index contributed by atoms with van der Waals surface area (Å²) in [5, 5.41) is 1.22. The summed E-state index contributed by atoms with van der Waals surface area (Å²) in [5.74, 6) is 2.75. The van der Waals surface area contributed by atoms with Crippen molar-refractivity contribution in [3.05, 3.63) is 0 Å². The lowest BCUT2D eigenvalue weighted by molar-refractivity contribution is 0.206. The second-order valence-corrected chi connectivity index (χ2v) is 5.56. The van der Waals surface area contributed by atoms with Gasteiger partial charge < -0.3 is 0 Å². The molecule has 0 aromatic rings. The van der Waals surface area contributed by atoms with E-state index in [1.54, 1.807) is 0 Å². The predicted molar refractivity (Wildman–Crippen MR) is 62.3 cm³/mol. The smallest absolute Gasteiger partial charge is 0.00958 e. The van der Waals surface area contributed by atoms with Crippen LogP contribution in [-0.4, -0.2) is 16.8 Å². The molecule has 1 aliphatic carbocycles. The summed E-state index contributed by atoms with van der Waals surface area (Å²) in [6, 6.07) is 0. The standard InChI is InChI=1S/C10H19BrS/c1-2-3-7-12-9-10(8-11)5-4-6-10/h2-9H2,1H3. The zero-order valence-corrected chi connectivity index (χ0v) is 10.3. The molecule has 0 aromatic heterocycles. The SMILES string of the molecule is CCCCSCC1(CBr)CCC1. The molecule has 1 rings (SSSR count). The molecular weight excluding hydrogens is 232 g/mol. The molecule has 0 bridgehead atoms. The van der Waals surface area contributed by atoms with Crippen LogP contribution in [0, 0.1) is 5.41 Å². The van der Waals surface area contributed by atoms with Crippen molar-refractivity contribution in [2.45, 2.75) is 39.0 Å². The third kappa shape index (κ3) is 2.95. The minimum absolute atomic E-state index is 0.693. The van der Waals surface area contributed by atoms with E-state index in [9.17, 15) is 0 Å². The summed E-state index contributed by atoms with van der Waals surface area (Å²) in [7, 11) is 0. The monoisotopic (exact) mass is 250 g/mol. The molecule has 12 heavy (non-hydrogen) atoms. The molecule has 0 radical (unpaired) electrons. The van der Waals surface area contributed by atoms with Gasteiger partial charge in [-0.1, -0.05) is 35.7 Å². The minimum Gasteiger partial charge on any atom is -0.161 e. The zero-order valence-electron chi connectivity index (χ0n) is 7.94. The highest BCUT2D eigenvalue weighted by Crippen LogP contribution is 2.44. The van der Waals surface area contributed by atoms with Gasteiger partial charge in [-0.2, -0.15) is 11.8 Å². The number of alkyl halides is 1. The summed E-state index contributed by atoms with van der Waals surface area (Å²) >= 11 is 5.79. The molecule has 1 saturated carbocycles. The van der Waals surface area contributed by atoms with Crippen LogP contribution in [0.1, 0.15) is 39.0 Å². The lowest BCUT2D eigenvalue weighted by Crippen LogP contribution is -2.33. The van der Waals surface area contributed by atoms with E-state index in [1.165, 1.54) is 48.9 Å². The van der Waals surface area contributed by atoms with Crippen LogP contribution in [0.3, 0.4) is 0 Å². The molecular formula is C10H19BrS. The average Bonchev–Trinajstić information content (AvgIpc) is 2.02. The Morgan fingerprint density at radius 1 is 1.42 bits per heavy atom. The van der Waals surface area contributed by atoms with Crippen molar-refractivity contribution in [2.75, 3.05) is 16.8 Å². The zero-order chi connectivity index (χ0) is 8.86. The lowest BCUT2D eigenvalue weighted by atomic mass is 9.72. The summed E-state index contributed by atoms with van der Waals surface area (Å²) in [6.07, 6.45) is 7.10. The maximum Gasteiger partial charge on any atom is 0.00958 e. The van der Waals surface area contributed by atoms with E-state index in [4.69, 9.17) is 0 Å². The Kier molecular flexibility index (Phi) is 5.03. The van der Waals surface area contributed by atoms with Crippen LogP contribution in [0.5, 0.6) is 0 Å². The molecule has 0 N–H and O–H groups in total. The second kappa shape index (κ2) is 5.54. The van der Waals surface area contributed by atoms with Crippen LogP contribution in [0.2, 0.25) is 0 Å². The first-order valence-corrected chi connectivity index (χ1v) is 7.24. The molecule has 2 heteroatoms. The van der Waals surface area contributed by atoms with Crippen LogP contribution < -0.4 is 0 Å². The minimum atomic E-state index is 0.693. The maximum atomic E-state index is 3.64. The highest BCUT2D eigenvalue weighted by atomic mass is 79.9. The Morgan fingerprint density at radius 2 is 2.17 bits per heavy atom. The quantitative estimate of drug-likeness (QED) is 0.506. The van der Waals surface area contributed by atoms with Crippen molar-refractivity contribution < 1.29 is 0 Å². The molecule has 0 spiro atoms. The molecule has 0 atom stereocenters. The van der Waals surface area contributed by atoms with E-state index < -0.39 is 0 Å². The van der Waals surface area contributed by atoms with E-state index >= 15 is 0 Å². The Balaban J connectivity index is 2.04. The molecule has 1 aliphatic rings. The van der Waals surface area contributed by atoms with Crippen molar-refractivity contribution in [3.63, 3.8) is 0 Å². The highest BCUT2D eigenvalue weighted by Gasteiger charge is 2.35. The van der Waals surface area contributed by atoms with Crippen molar-refractivity contribution in [2.24, 2.45) is 5.41 Å². The van der Waals surface area contributed by atoms with Gasteiger partial charge in [0, 0.05) is 5.33 Å². The van der Waals surface area contributed by atoms with Gasteiger partial charge >= 0.3 is 0 Å². The predicted octanol–water partition coefficient (Wildman–Crippen LogP) is 4.08. The summed E-state index contributed by atoms with van der Waals surface area (Å²) in [5.41, 5.74) is 0.693. The summed E-state index contributed by atoms with van der Waals surface area (Å²) in [4.78, 5) is 0. The third-order valence-electron chi connectivity index (χ3n) is 2.75. The van der Waals surface area contributed by atoms with E-state index in [0.717, 1.165) is 0 Å². The van der Waals surface area contributed by atoms with Gasteiger partial charge in [-0.3, -0.25) is 0 Å². The van der Waals surface area contributed by atoms with Crippen molar-refractivity contribution in [1.82, 2.24) is 0 Å². The largest absolute Gasteiger partial charge is 0.161 e. The Bertz CT molecular complexity index is 115. The molecule has 0 nitrogen and oxygen atoms in total. The van der Waals surface area contributed by atoms with Crippen molar-refractivity contribution >= 4 is 27.7 Å². The molecule has 0 saturated heterocycles. The van der Waals surface area contributed by atoms with Gasteiger partial charge in [-0.25, -0.2) is 0 Å². The van der Waals surface area contributed by atoms with Crippen LogP contribution >= 0.6 is 27.7 Å². The van der Waals surface area contributed by atoms with Gasteiger partial charge in [-0.05, 0) is 36.2 Å². The summed E-state index contributed by atoms with van der Waals surface area (Å²) < 4.78 is 0. The van der Waals surface area contributed by atoms with E-state index in [2.05, 4.69) is 34.6 Å². The number of hydrogen-bond donors (Lipinski definition) is 0. The van der Waals surface area contributed by atoms with Crippen molar-refractivity contribution in [1.29, 1.82) is 0 Å². The van der Waals surface area contributed by atoms with Gasteiger partial charge in [0.05, 0.1) is 0 Å². The number of thioether (sulfide) groups is 1. The highest BCUT2D eigenvalue weighted by molar-refractivity contribution is 9.09. The Labute approximate surface area is 89.0 Å². The van der Waals surface area contributed by atoms with Crippen LogP contribution in [-0.2, 0) is 0 Å². The first kappa shape index (κ1) is 10.9. The van der Waals surface area contributed by atoms with Crippen LogP contribution in [0.15, 0.2) is 0 Å². The topological polar surface area (TPSA) is 0 Å². The second-order valence-electron chi connectivity index (χ2n) is 3.89. The maximum absolute atomic E-state index is 3.64. The fourth-order valence-corrected chi connectivity index (χ4v) is 4.01. The number of hydrogen-bond acceptors (Lipinski definition) is 1. The van der Waals surface area contributed by atoms with Gasteiger partial charge in [0.25, 0.3) is 0 Å². The van der Waals surface area contributed by atoms with Crippen LogP contribution in [0.25, 0.3) is 0 Å². The summed E-state index contributed by atoms with van der Waals surface area (Å²) in [6.45, 7) is 2.27. The first-order chi connectivity index (χ1) is 5.83. The average molecular weight is 251 g/mol. The Morgan fingerprint density at radius 3 is 2.58 bits per heavy atom. The number of halogens is 1. The van der Waals surface area contributed by atoms with Gasteiger partial charge in [0.2, 0.25) is 0 Å². The van der Waals surface area contributed by atoms with Crippen LogP contribution in [0.4, 0.5) is 0 Å². The molecule has 1 fully saturated rings. The van der Waals surface area contributed by atoms with Gasteiger partial charge in [0.15, 0.2) is 0 Å². The van der Waals surface area contributed by atoms with E-state index in [0.29, 0.717) is 5.41 Å². The molecule has 0 unspecified atom stereocenters. The Hall–Kier alpha value is 0.830. The molecule has 0 amide bonds. The van der Waals surface area contributed by atoms with E-state index in [1.807, 2.05) is 0 Å². The molecule has 0 aliphatic heterocycles. The lowest BCUT2D eigenvalue weighted by Gasteiger charge is -2.40. The fourth-order valence-electron chi connectivity index (χ4n) is 1.53.